The van der Waals surface area contributed by atoms with Crippen molar-refractivity contribution in [2.45, 2.75) is 6.54 Å². The van der Waals surface area contributed by atoms with Crippen molar-refractivity contribution in [3.8, 4) is 0 Å². The van der Waals surface area contributed by atoms with Crippen molar-refractivity contribution in [3.05, 3.63) is 39.5 Å². The lowest BCUT2D eigenvalue weighted by molar-refractivity contribution is -0.380. The Labute approximate surface area is 115 Å². The predicted molar refractivity (Wildman–Crippen MR) is 68.8 cm³/mol. The van der Waals surface area contributed by atoms with E-state index in [0.29, 0.717) is 5.69 Å². The lowest BCUT2D eigenvalue weighted by atomic mass is 10.4. The number of carboxylic acid groups (broad SMARTS) is 1. The first-order valence-corrected chi connectivity index (χ1v) is 6.07. The van der Waals surface area contributed by atoms with Gasteiger partial charge in [0.15, 0.2) is 0 Å². The molecular weight excluding hydrogens is 288 g/mol. The van der Waals surface area contributed by atoms with E-state index < -0.39 is 16.8 Å². The number of aromatic nitrogens is 2. The minimum Gasteiger partial charge on any atom is -0.480 e. The van der Waals surface area contributed by atoms with E-state index >= 15 is 0 Å². The fraction of sp³-hybridized carbons (Fsp3) is 0.100. The Morgan fingerprint density at radius 3 is 2.85 bits per heavy atom. The summed E-state index contributed by atoms with van der Waals surface area (Å²) in [6, 6.07) is 2.59. The number of nitro groups is 1. The number of amides is 1. The molecule has 10 heteroatoms. The third-order valence-electron chi connectivity index (χ3n) is 2.18. The fourth-order valence-electron chi connectivity index (χ4n) is 1.39. The van der Waals surface area contributed by atoms with Crippen LogP contribution < -0.4 is 5.32 Å². The van der Waals surface area contributed by atoms with Crippen molar-refractivity contribution in [1.29, 1.82) is 0 Å². The number of carboxylic acids is 1. The van der Waals surface area contributed by atoms with Gasteiger partial charge in [-0.05, 0) is 6.07 Å². The van der Waals surface area contributed by atoms with Crippen LogP contribution in [0.4, 0.5) is 10.7 Å². The maximum atomic E-state index is 11.8. The number of thiophene rings is 1. The van der Waals surface area contributed by atoms with E-state index in [1.807, 2.05) is 0 Å². The van der Waals surface area contributed by atoms with Crippen molar-refractivity contribution in [1.82, 2.24) is 9.78 Å². The number of carbonyl (C=O) groups excluding carboxylic acids is 1. The molecule has 2 heterocycles. The van der Waals surface area contributed by atoms with Gasteiger partial charge < -0.3 is 10.4 Å². The number of hydrogen-bond acceptors (Lipinski definition) is 6. The summed E-state index contributed by atoms with van der Waals surface area (Å²) < 4.78 is 1.15. The van der Waals surface area contributed by atoms with E-state index in [9.17, 15) is 19.7 Å². The molecule has 0 saturated carbocycles. The highest BCUT2D eigenvalue weighted by Crippen LogP contribution is 2.24. The molecule has 0 aromatic carbocycles. The molecule has 0 fully saturated rings. The highest BCUT2D eigenvalue weighted by atomic mass is 32.1. The van der Waals surface area contributed by atoms with Crippen LogP contribution in [0, 0.1) is 10.1 Å². The average Bonchev–Trinajstić information content (AvgIpc) is 2.97. The SMILES string of the molecule is O=C(O)Cn1cc(NC(=O)c2ccc([N+](=O)[O-])s2)cn1. The van der Waals surface area contributed by atoms with Crippen molar-refractivity contribution < 1.29 is 19.6 Å². The summed E-state index contributed by atoms with van der Waals surface area (Å²) in [4.78, 5) is 32.4. The van der Waals surface area contributed by atoms with Gasteiger partial charge >= 0.3 is 11.0 Å². The van der Waals surface area contributed by atoms with Crippen LogP contribution in [0.2, 0.25) is 0 Å². The molecule has 0 bridgehead atoms. The molecule has 0 atom stereocenters. The second-order valence-corrected chi connectivity index (χ2v) is 4.73. The number of aliphatic carboxylic acids is 1. The van der Waals surface area contributed by atoms with E-state index in [4.69, 9.17) is 5.11 Å². The topological polar surface area (TPSA) is 127 Å². The summed E-state index contributed by atoms with van der Waals surface area (Å²) in [6.07, 6.45) is 2.65. The number of carbonyl (C=O) groups is 2. The number of nitrogens with zero attached hydrogens (tertiary/aromatic N) is 3. The van der Waals surface area contributed by atoms with Gasteiger partial charge in [0.25, 0.3) is 5.91 Å². The van der Waals surface area contributed by atoms with E-state index in [-0.39, 0.29) is 16.4 Å². The normalized spacial score (nSPS) is 10.2. The van der Waals surface area contributed by atoms with Crippen molar-refractivity contribution in [2.75, 3.05) is 5.32 Å². The molecule has 104 valence electrons. The Balaban J connectivity index is 2.05. The molecule has 20 heavy (non-hydrogen) atoms. The van der Waals surface area contributed by atoms with Crippen molar-refractivity contribution >= 4 is 33.9 Å². The Bertz CT molecular complexity index is 677. The molecule has 2 aromatic heterocycles. The molecule has 2 rings (SSSR count). The van der Waals surface area contributed by atoms with Gasteiger partial charge in [0, 0.05) is 12.3 Å². The maximum Gasteiger partial charge on any atom is 0.325 e. The van der Waals surface area contributed by atoms with Crippen LogP contribution in [-0.4, -0.2) is 31.7 Å². The largest absolute Gasteiger partial charge is 0.480 e. The van der Waals surface area contributed by atoms with Gasteiger partial charge in [0.2, 0.25) is 0 Å². The molecule has 0 unspecified atom stereocenters. The first-order chi connectivity index (χ1) is 9.45. The molecule has 0 radical (unpaired) electrons. The van der Waals surface area contributed by atoms with Gasteiger partial charge in [0.05, 0.1) is 21.7 Å². The van der Waals surface area contributed by atoms with Crippen LogP contribution in [0.1, 0.15) is 9.67 Å². The van der Waals surface area contributed by atoms with Crippen molar-refractivity contribution in [2.24, 2.45) is 0 Å². The van der Waals surface area contributed by atoms with Gasteiger partial charge in [-0.15, -0.1) is 0 Å². The van der Waals surface area contributed by atoms with E-state index in [1.165, 1.54) is 24.5 Å². The number of anilines is 1. The first-order valence-electron chi connectivity index (χ1n) is 5.25. The minimum atomic E-state index is -1.06. The molecule has 0 aliphatic carbocycles. The fourth-order valence-corrected chi connectivity index (χ4v) is 2.11. The molecule has 2 aromatic rings. The van der Waals surface area contributed by atoms with E-state index in [2.05, 4.69) is 10.4 Å². The predicted octanol–water partition coefficient (Wildman–Crippen LogP) is 1.19. The third-order valence-corrected chi connectivity index (χ3v) is 3.22. The second kappa shape index (κ2) is 5.48. The third kappa shape index (κ3) is 3.17. The minimum absolute atomic E-state index is 0.128. The van der Waals surface area contributed by atoms with Gasteiger partial charge in [0.1, 0.15) is 6.54 Å². The van der Waals surface area contributed by atoms with Crippen LogP contribution in [0.5, 0.6) is 0 Å². The molecule has 9 nitrogen and oxygen atoms in total. The molecule has 2 N–H and O–H groups in total. The smallest absolute Gasteiger partial charge is 0.325 e. The standard InChI is InChI=1S/C10H8N4O5S/c15-9(16)5-13-4-6(3-11-13)12-10(17)7-1-2-8(20-7)14(18)19/h1-4H,5H2,(H,12,17)(H,15,16). The molecule has 0 aliphatic heterocycles. The lowest BCUT2D eigenvalue weighted by Crippen LogP contribution is -2.10. The summed E-state index contributed by atoms with van der Waals surface area (Å²) in [5.41, 5.74) is 0.312. The van der Waals surface area contributed by atoms with Crippen LogP contribution >= 0.6 is 11.3 Å². The Morgan fingerprint density at radius 2 is 2.25 bits per heavy atom. The number of rotatable bonds is 5. The molecule has 0 aliphatic rings. The Kier molecular flexibility index (Phi) is 3.75. The monoisotopic (exact) mass is 296 g/mol. The number of hydrogen-bond donors (Lipinski definition) is 2. The quantitative estimate of drug-likeness (QED) is 0.630. The molecule has 0 saturated heterocycles. The van der Waals surface area contributed by atoms with Gasteiger partial charge in [-0.25, -0.2) is 0 Å². The Hall–Kier alpha value is -2.75. The summed E-state index contributed by atoms with van der Waals surface area (Å²) in [6.45, 7) is -0.319. The molecule has 0 spiro atoms. The summed E-state index contributed by atoms with van der Waals surface area (Å²) in [5.74, 6) is -1.57. The highest BCUT2D eigenvalue weighted by molar-refractivity contribution is 7.17. The highest BCUT2D eigenvalue weighted by Gasteiger charge is 2.15. The van der Waals surface area contributed by atoms with Gasteiger partial charge in [-0.3, -0.25) is 24.4 Å². The van der Waals surface area contributed by atoms with Gasteiger partial charge in [-0.2, -0.15) is 5.10 Å². The van der Waals surface area contributed by atoms with Crippen LogP contribution in [0.25, 0.3) is 0 Å². The zero-order valence-corrected chi connectivity index (χ0v) is 10.7. The van der Waals surface area contributed by atoms with E-state index in [0.717, 1.165) is 16.0 Å². The molecular formula is C10H8N4O5S. The first kappa shape index (κ1) is 13.7. The average molecular weight is 296 g/mol. The van der Waals surface area contributed by atoms with Crippen molar-refractivity contribution in [3.63, 3.8) is 0 Å². The zero-order chi connectivity index (χ0) is 14.7. The zero-order valence-electron chi connectivity index (χ0n) is 9.85. The second-order valence-electron chi connectivity index (χ2n) is 3.67. The van der Waals surface area contributed by atoms with Crippen LogP contribution in [0.15, 0.2) is 24.5 Å². The summed E-state index contributed by atoms with van der Waals surface area (Å²) in [5, 5.41) is 25.2. The number of nitrogens with one attached hydrogen (secondary N) is 1. The van der Waals surface area contributed by atoms with Crippen LogP contribution in [-0.2, 0) is 11.3 Å². The lowest BCUT2D eigenvalue weighted by Gasteiger charge is -1.98. The Morgan fingerprint density at radius 1 is 1.50 bits per heavy atom. The van der Waals surface area contributed by atoms with E-state index in [1.54, 1.807) is 0 Å². The maximum absolute atomic E-state index is 11.8. The van der Waals surface area contributed by atoms with Gasteiger partial charge in [-0.1, -0.05) is 11.3 Å². The van der Waals surface area contributed by atoms with Crippen LogP contribution in [0.3, 0.4) is 0 Å². The summed E-state index contributed by atoms with van der Waals surface area (Å²) in [7, 11) is 0. The summed E-state index contributed by atoms with van der Waals surface area (Å²) >= 11 is 0.753. The molecule has 1 amide bonds.